The van der Waals surface area contributed by atoms with E-state index in [0.29, 0.717) is 29.1 Å². The third-order valence-electron chi connectivity index (χ3n) is 6.53. The van der Waals surface area contributed by atoms with E-state index in [1.807, 2.05) is 87.5 Å². The Bertz CT molecular complexity index is 1630. The molecule has 5 heteroatoms. The minimum absolute atomic E-state index is 0. The number of esters is 2. The van der Waals surface area contributed by atoms with E-state index in [9.17, 15) is 9.59 Å². The Morgan fingerprint density at radius 1 is 0.738 bits per heavy atom. The molecule has 0 N–H and O–H groups in total. The molecule has 0 aromatic heterocycles. The Morgan fingerprint density at radius 3 is 1.86 bits per heavy atom. The van der Waals surface area contributed by atoms with Gasteiger partial charge in [0.25, 0.3) is 0 Å². The van der Waals surface area contributed by atoms with Crippen molar-refractivity contribution in [3.8, 4) is 5.75 Å². The topological polar surface area (TPSA) is 52.6 Å². The summed E-state index contributed by atoms with van der Waals surface area (Å²) in [7, 11) is 0. The number of fused-ring (bicyclic) bond motifs is 2. The predicted octanol–water partition coefficient (Wildman–Crippen LogP) is 10.1. The number of ether oxygens (including phenoxy) is 2. The van der Waals surface area contributed by atoms with Crippen LogP contribution in [0.5, 0.6) is 5.75 Å². The van der Waals surface area contributed by atoms with Crippen LogP contribution in [0.1, 0.15) is 70.2 Å². The zero-order valence-electron chi connectivity index (χ0n) is 24.7. The highest BCUT2D eigenvalue weighted by Crippen LogP contribution is 2.30. The van der Waals surface area contributed by atoms with E-state index in [1.54, 1.807) is 30.3 Å². The second-order valence-corrected chi connectivity index (χ2v) is 10.5. The lowest BCUT2D eigenvalue weighted by atomic mass is 10.0. The molecule has 1 aliphatic carbocycles. The first kappa shape index (κ1) is 32.5. The number of benzene rings is 4. The van der Waals surface area contributed by atoms with E-state index in [0.717, 1.165) is 38.9 Å². The lowest BCUT2D eigenvalue weighted by Crippen LogP contribution is -2.08. The summed E-state index contributed by atoms with van der Waals surface area (Å²) < 4.78 is 11.3. The molecule has 0 radical (unpaired) electrons. The van der Waals surface area contributed by atoms with Gasteiger partial charge in [0.15, 0.2) is 0 Å². The van der Waals surface area contributed by atoms with Gasteiger partial charge in [-0.15, -0.1) is 24.0 Å². The lowest BCUT2D eigenvalue weighted by Gasteiger charge is -2.09. The van der Waals surface area contributed by atoms with Crippen molar-refractivity contribution in [2.24, 2.45) is 5.92 Å². The number of halogens is 1. The molecule has 0 amide bonds. The van der Waals surface area contributed by atoms with Crippen molar-refractivity contribution in [3.63, 3.8) is 0 Å². The third kappa shape index (κ3) is 9.02. The zero-order chi connectivity index (χ0) is 29.4. The summed E-state index contributed by atoms with van der Waals surface area (Å²) in [4.78, 5) is 25.1. The molecule has 0 bridgehead atoms. The first-order valence-corrected chi connectivity index (χ1v) is 13.9. The highest BCUT2D eigenvalue weighted by Gasteiger charge is 2.14. The van der Waals surface area contributed by atoms with Gasteiger partial charge in [-0.3, -0.25) is 0 Å². The predicted molar refractivity (Wildman–Crippen MR) is 183 cm³/mol. The number of allylic oxidation sites excluding steroid dienone is 3. The van der Waals surface area contributed by atoms with Crippen LogP contribution in [-0.2, 0) is 4.74 Å². The zero-order valence-corrected chi connectivity index (χ0v) is 27.0. The quantitative estimate of drug-likeness (QED) is 0.0917. The summed E-state index contributed by atoms with van der Waals surface area (Å²) in [5, 5.41) is 1.95. The molecule has 0 spiro atoms. The smallest absolute Gasteiger partial charge is 0.343 e. The van der Waals surface area contributed by atoms with Crippen molar-refractivity contribution >= 4 is 58.8 Å². The van der Waals surface area contributed by atoms with E-state index in [2.05, 4.69) is 26.0 Å². The van der Waals surface area contributed by atoms with E-state index in [4.69, 9.17) is 9.47 Å². The Morgan fingerprint density at radius 2 is 1.31 bits per heavy atom. The van der Waals surface area contributed by atoms with E-state index < -0.39 is 0 Å². The van der Waals surface area contributed by atoms with Gasteiger partial charge in [-0.25, -0.2) is 9.59 Å². The fourth-order valence-corrected chi connectivity index (χ4v) is 4.36. The molecule has 0 aliphatic heterocycles. The summed E-state index contributed by atoms with van der Waals surface area (Å²) in [6, 6.07) is 24.3. The van der Waals surface area contributed by atoms with Crippen LogP contribution in [0.4, 0.5) is 0 Å². The van der Waals surface area contributed by atoms with Crippen LogP contribution in [0, 0.1) is 19.8 Å². The van der Waals surface area contributed by atoms with Gasteiger partial charge in [-0.1, -0.05) is 79.6 Å². The number of aryl methyl sites for hydroxylation is 2. The fourth-order valence-electron chi connectivity index (χ4n) is 4.36. The molecule has 5 rings (SSSR count). The van der Waals surface area contributed by atoms with Crippen LogP contribution in [0.3, 0.4) is 0 Å². The van der Waals surface area contributed by atoms with Gasteiger partial charge in [-0.2, -0.15) is 0 Å². The molecule has 4 aromatic rings. The molecule has 0 saturated heterocycles. The standard InChI is InChI=1S/C31H24O4.C6H12.HI/c1-20-6-10-22(11-7-20)30(32)34-28-5-3-4-24-16-27-19-29(15-14-25(27)17-26(24)18-28)35-31(33)23-12-8-21(2)9-13-23;1-4-5-6(2)3;/h3-4,6-19H,5H2,1-2H3;4-6H,1-3H3;1H/b;5-4-;. The highest BCUT2D eigenvalue weighted by molar-refractivity contribution is 14.0. The molecule has 0 atom stereocenters. The third-order valence-corrected chi connectivity index (χ3v) is 6.53. The molecule has 0 heterocycles. The van der Waals surface area contributed by atoms with Crippen LogP contribution in [0.2, 0.25) is 0 Å². The van der Waals surface area contributed by atoms with Gasteiger partial charge in [0.05, 0.1) is 11.1 Å². The molecule has 1 aliphatic rings. The first-order valence-electron chi connectivity index (χ1n) is 13.9. The van der Waals surface area contributed by atoms with Crippen LogP contribution in [0.15, 0.2) is 103 Å². The SMILES string of the molecule is C/C=C\C(C)C.Cc1ccc(C(=O)OC2=Cc3cc4ccc(OC(=O)c5ccc(C)cc5)cc4cc3C=CC2)cc1.I. The van der Waals surface area contributed by atoms with Gasteiger partial charge >= 0.3 is 11.9 Å². The average Bonchev–Trinajstić information content (AvgIpc) is 3.13. The van der Waals surface area contributed by atoms with E-state index in [-0.39, 0.29) is 35.9 Å². The molecule has 42 heavy (non-hydrogen) atoms. The highest BCUT2D eigenvalue weighted by atomic mass is 127. The molecular formula is C37H37IO4. The van der Waals surface area contributed by atoms with Crippen LogP contribution < -0.4 is 4.74 Å². The van der Waals surface area contributed by atoms with Crippen molar-refractivity contribution in [2.75, 3.05) is 0 Å². The van der Waals surface area contributed by atoms with E-state index in [1.165, 1.54) is 0 Å². The monoisotopic (exact) mass is 672 g/mol. The summed E-state index contributed by atoms with van der Waals surface area (Å²) in [6.45, 7) is 10.3. The first-order chi connectivity index (χ1) is 19.7. The Labute approximate surface area is 265 Å². The van der Waals surface area contributed by atoms with Crippen molar-refractivity contribution in [2.45, 2.75) is 41.0 Å². The summed E-state index contributed by atoms with van der Waals surface area (Å²) in [6.07, 6.45) is 10.7. The van der Waals surface area contributed by atoms with Crippen molar-refractivity contribution in [1.29, 1.82) is 0 Å². The molecular weight excluding hydrogens is 635 g/mol. The molecule has 0 unspecified atom stereocenters. The molecule has 4 nitrogen and oxygen atoms in total. The molecule has 0 saturated carbocycles. The largest absolute Gasteiger partial charge is 0.427 e. The van der Waals surface area contributed by atoms with Crippen molar-refractivity contribution in [1.82, 2.24) is 0 Å². The maximum atomic E-state index is 12.6. The normalized spacial score (nSPS) is 12.0. The van der Waals surface area contributed by atoms with Crippen LogP contribution in [-0.4, -0.2) is 11.9 Å². The van der Waals surface area contributed by atoms with Crippen molar-refractivity contribution < 1.29 is 19.1 Å². The Balaban J connectivity index is 0.000000628. The molecule has 4 aromatic carbocycles. The molecule has 216 valence electrons. The number of hydrogen-bond acceptors (Lipinski definition) is 4. The van der Waals surface area contributed by atoms with Gasteiger partial charge < -0.3 is 9.47 Å². The maximum Gasteiger partial charge on any atom is 0.343 e. The molecule has 0 fully saturated rings. The van der Waals surface area contributed by atoms with Gasteiger partial charge in [0.2, 0.25) is 0 Å². The number of carbonyl (C=O) groups is 2. The second-order valence-electron chi connectivity index (χ2n) is 10.5. The maximum absolute atomic E-state index is 12.6. The van der Waals surface area contributed by atoms with Crippen molar-refractivity contribution in [3.05, 3.63) is 136 Å². The van der Waals surface area contributed by atoms with Gasteiger partial charge in [0, 0.05) is 6.42 Å². The van der Waals surface area contributed by atoms with Gasteiger partial charge in [0.1, 0.15) is 11.5 Å². The average molecular weight is 673 g/mol. The number of carbonyl (C=O) groups excluding carboxylic acids is 2. The fraction of sp³-hybridized carbons (Fsp3) is 0.189. The van der Waals surface area contributed by atoms with Crippen LogP contribution >= 0.6 is 24.0 Å². The Hall–Kier alpha value is -3.97. The Kier molecular flexibility index (Phi) is 11.9. The second kappa shape index (κ2) is 15.3. The number of hydrogen-bond donors (Lipinski definition) is 0. The van der Waals surface area contributed by atoms with E-state index >= 15 is 0 Å². The summed E-state index contributed by atoms with van der Waals surface area (Å²) in [5.41, 5.74) is 5.17. The summed E-state index contributed by atoms with van der Waals surface area (Å²) >= 11 is 0. The van der Waals surface area contributed by atoms with Gasteiger partial charge in [-0.05, 0) is 103 Å². The number of rotatable bonds is 5. The van der Waals surface area contributed by atoms with Crippen LogP contribution in [0.25, 0.3) is 22.9 Å². The minimum Gasteiger partial charge on any atom is -0.427 e. The lowest BCUT2D eigenvalue weighted by molar-refractivity contribution is 0.0622. The minimum atomic E-state index is -0.387. The summed E-state index contributed by atoms with van der Waals surface area (Å²) in [5.74, 6) is 1.04.